The molecule has 50 valence electrons. The molecular weight excluding hydrogens is 150 g/mol. The summed E-state index contributed by atoms with van der Waals surface area (Å²) in [7, 11) is -0.253. The van der Waals surface area contributed by atoms with Crippen molar-refractivity contribution in [3.05, 3.63) is 0 Å². The van der Waals surface area contributed by atoms with Gasteiger partial charge in [-0.1, -0.05) is 0 Å². The van der Waals surface area contributed by atoms with Crippen LogP contribution in [0.4, 0.5) is 0 Å². The van der Waals surface area contributed by atoms with E-state index in [1.165, 1.54) is 14.1 Å². The SMILES string of the molecule is CN(C)S(=O)(=O)CCl. The predicted molar refractivity (Wildman–Crippen MR) is 33.3 cm³/mol. The smallest absolute Gasteiger partial charge is 0.211 e. The minimum absolute atomic E-state index is 0.347. The standard InChI is InChI=1S/C3H8ClNO2S/c1-5(2)8(6,7)3-4/h3H2,1-2H3. The molecule has 0 rings (SSSR count). The Labute approximate surface area is 54.3 Å². The predicted octanol–water partition coefficient (Wildman–Crippen LogP) is 0.0741. The van der Waals surface area contributed by atoms with E-state index in [0.717, 1.165) is 4.31 Å². The topological polar surface area (TPSA) is 37.4 Å². The molecule has 0 heterocycles. The van der Waals surface area contributed by atoms with Crippen molar-refractivity contribution in [2.75, 3.05) is 19.3 Å². The average Bonchev–Trinajstić information content (AvgIpc) is 1.67. The first kappa shape index (κ1) is 8.20. The maximum absolute atomic E-state index is 10.5. The molecule has 0 aliphatic heterocycles. The lowest BCUT2D eigenvalue weighted by molar-refractivity contribution is 0.526. The largest absolute Gasteiger partial charge is 0.227 e. The van der Waals surface area contributed by atoms with Gasteiger partial charge in [0.15, 0.2) is 0 Å². The molecule has 0 spiro atoms. The van der Waals surface area contributed by atoms with Gasteiger partial charge in [0.2, 0.25) is 10.0 Å². The summed E-state index contributed by atoms with van der Waals surface area (Å²) in [6, 6.07) is 0. The fourth-order valence-electron chi connectivity index (χ4n) is 0.0976. The van der Waals surface area contributed by atoms with Crippen LogP contribution in [0.3, 0.4) is 0 Å². The molecule has 0 saturated heterocycles. The third-order valence-corrected chi connectivity index (χ3v) is 2.91. The molecule has 8 heavy (non-hydrogen) atoms. The highest BCUT2D eigenvalue weighted by molar-refractivity contribution is 7.90. The van der Waals surface area contributed by atoms with Gasteiger partial charge in [-0.2, -0.15) is 0 Å². The van der Waals surface area contributed by atoms with Crippen LogP contribution >= 0.6 is 11.6 Å². The van der Waals surface area contributed by atoms with Gasteiger partial charge in [-0.25, -0.2) is 12.7 Å². The Hall–Kier alpha value is 0.200. The number of rotatable bonds is 2. The van der Waals surface area contributed by atoms with Crippen LogP contribution in [0.5, 0.6) is 0 Å². The summed E-state index contributed by atoms with van der Waals surface area (Å²) >= 11 is 5.06. The van der Waals surface area contributed by atoms with E-state index in [9.17, 15) is 8.42 Å². The summed E-state index contributed by atoms with van der Waals surface area (Å²) in [5.74, 6) is 0. The van der Waals surface area contributed by atoms with Crippen LogP contribution in [0, 0.1) is 0 Å². The molecule has 0 atom stereocenters. The summed E-state index contributed by atoms with van der Waals surface area (Å²) in [5.41, 5.74) is 0. The maximum Gasteiger partial charge on any atom is 0.227 e. The van der Waals surface area contributed by atoms with Crippen molar-refractivity contribution in [3.63, 3.8) is 0 Å². The van der Waals surface area contributed by atoms with Gasteiger partial charge in [0.05, 0.1) is 0 Å². The zero-order valence-corrected chi connectivity index (χ0v) is 6.33. The minimum Gasteiger partial charge on any atom is -0.211 e. The molecule has 0 bridgehead atoms. The van der Waals surface area contributed by atoms with E-state index in [1.807, 2.05) is 0 Å². The van der Waals surface area contributed by atoms with Gasteiger partial charge >= 0.3 is 0 Å². The van der Waals surface area contributed by atoms with E-state index in [4.69, 9.17) is 11.6 Å². The van der Waals surface area contributed by atoms with Gasteiger partial charge in [-0.15, -0.1) is 11.6 Å². The Bertz CT molecular complexity index is 151. The van der Waals surface area contributed by atoms with E-state index < -0.39 is 10.0 Å². The highest BCUT2D eigenvalue weighted by atomic mass is 35.5. The molecule has 5 heteroatoms. The minimum atomic E-state index is -3.14. The van der Waals surface area contributed by atoms with E-state index >= 15 is 0 Å². The van der Waals surface area contributed by atoms with Gasteiger partial charge < -0.3 is 0 Å². The van der Waals surface area contributed by atoms with E-state index in [2.05, 4.69) is 0 Å². The molecule has 0 aromatic carbocycles. The fourth-order valence-corrected chi connectivity index (χ4v) is 0.878. The lowest BCUT2D eigenvalue weighted by Crippen LogP contribution is -2.22. The quantitative estimate of drug-likeness (QED) is 0.533. The highest BCUT2D eigenvalue weighted by Gasteiger charge is 2.09. The van der Waals surface area contributed by atoms with E-state index in [1.54, 1.807) is 0 Å². The van der Waals surface area contributed by atoms with Gasteiger partial charge in [-0.05, 0) is 0 Å². The van der Waals surface area contributed by atoms with Crippen LogP contribution < -0.4 is 0 Å². The van der Waals surface area contributed by atoms with Crippen LogP contribution in [0.1, 0.15) is 0 Å². The summed E-state index contributed by atoms with van der Waals surface area (Å²) in [6.45, 7) is 0. The van der Waals surface area contributed by atoms with Crippen molar-refractivity contribution in [3.8, 4) is 0 Å². The molecule has 0 aromatic rings. The summed E-state index contributed by atoms with van der Waals surface area (Å²) in [6.07, 6.45) is 0. The lowest BCUT2D eigenvalue weighted by atomic mass is 11.3. The number of hydrogen-bond donors (Lipinski definition) is 0. The number of halogens is 1. The average molecular weight is 158 g/mol. The highest BCUT2D eigenvalue weighted by Crippen LogP contribution is 1.94. The van der Waals surface area contributed by atoms with Crippen molar-refractivity contribution in [2.45, 2.75) is 0 Å². The van der Waals surface area contributed by atoms with Crippen molar-refractivity contribution < 1.29 is 8.42 Å². The summed E-state index contributed by atoms with van der Waals surface area (Å²) in [4.78, 5) is 0. The summed E-state index contributed by atoms with van der Waals surface area (Å²) < 4.78 is 22.1. The zero-order chi connectivity index (χ0) is 6.78. The molecule has 0 aliphatic carbocycles. The number of nitrogens with zero attached hydrogens (tertiary/aromatic N) is 1. The molecule has 0 radical (unpaired) electrons. The Morgan fingerprint density at radius 3 is 1.88 bits per heavy atom. The Morgan fingerprint density at radius 2 is 1.88 bits per heavy atom. The number of hydrogen-bond acceptors (Lipinski definition) is 2. The Morgan fingerprint density at radius 1 is 1.50 bits per heavy atom. The van der Waals surface area contributed by atoms with Crippen LogP contribution in [-0.4, -0.2) is 32.0 Å². The molecule has 0 aliphatic rings. The van der Waals surface area contributed by atoms with Gasteiger partial charge in [-0.3, -0.25) is 0 Å². The zero-order valence-electron chi connectivity index (χ0n) is 4.76. The third kappa shape index (κ3) is 1.98. The second kappa shape index (κ2) is 2.66. The number of sulfonamides is 1. The first-order valence-electron chi connectivity index (χ1n) is 1.97. The summed E-state index contributed by atoms with van der Waals surface area (Å²) in [5, 5.41) is -0.347. The third-order valence-electron chi connectivity index (χ3n) is 0.694. The molecule has 0 unspecified atom stereocenters. The Balaban J connectivity index is 4.17. The Kier molecular flexibility index (Phi) is 2.73. The molecule has 0 fully saturated rings. The van der Waals surface area contributed by atoms with Crippen LogP contribution in [-0.2, 0) is 10.0 Å². The second-order valence-corrected chi connectivity index (χ2v) is 4.27. The molecule has 0 saturated carbocycles. The normalized spacial score (nSPS) is 12.5. The van der Waals surface area contributed by atoms with Crippen LogP contribution in [0.25, 0.3) is 0 Å². The molecule has 0 amide bonds. The number of alkyl halides is 1. The fraction of sp³-hybridized carbons (Fsp3) is 1.00. The van der Waals surface area contributed by atoms with Crippen molar-refractivity contribution >= 4 is 21.6 Å². The maximum atomic E-state index is 10.5. The molecular formula is C3H8ClNO2S. The monoisotopic (exact) mass is 157 g/mol. The van der Waals surface area contributed by atoms with Gasteiger partial charge in [0.1, 0.15) is 5.21 Å². The van der Waals surface area contributed by atoms with E-state index in [0.29, 0.717) is 0 Å². The first-order chi connectivity index (χ1) is 3.50. The molecule has 3 nitrogen and oxygen atoms in total. The van der Waals surface area contributed by atoms with Gasteiger partial charge in [0.25, 0.3) is 0 Å². The second-order valence-electron chi connectivity index (χ2n) is 1.50. The van der Waals surface area contributed by atoms with Crippen molar-refractivity contribution in [1.82, 2.24) is 4.31 Å². The molecule has 0 aromatic heterocycles. The van der Waals surface area contributed by atoms with Crippen molar-refractivity contribution in [1.29, 1.82) is 0 Å². The van der Waals surface area contributed by atoms with Gasteiger partial charge in [0, 0.05) is 14.1 Å². The van der Waals surface area contributed by atoms with Crippen LogP contribution in [0.2, 0.25) is 0 Å². The van der Waals surface area contributed by atoms with Crippen LogP contribution in [0.15, 0.2) is 0 Å². The lowest BCUT2D eigenvalue weighted by Gasteiger charge is -2.05. The molecule has 0 N–H and O–H groups in total. The first-order valence-corrected chi connectivity index (χ1v) is 4.11. The van der Waals surface area contributed by atoms with E-state index in [-0.39, 0.29) is 5.21 Å². The van der Waals surface area contributed by atoms with Crippen molar-refractivity contribution in [2.24, 2.45) is 0 Å².